The van der Waals surface area contributed by atoms with Gasteiger partial charge in [0.1, 0.15) is 17.4 Å². The predicted octanol–water partition coefficient (Wildman–Crippen LogP) is 5.92. The molecule has 1 atom stereocenters. The van der Waals surface area contributed by atoms with E-state index in [0.717, 1.165) is 41.9 Å². The molecule has 0 radical (unpaired) electrons. The van der Waals surface area contributed by atoms with Gasteiger partial charge in [-0.05, 0) is 68.9 Å². The van der Waals surface area contributed by atoms with E-state index in [1.165, 1.54) is 5.56 Å². The van der Waals surface area contributed by atoms with Crippen molar-refractivity contribution in [2.45, 2.75) is 58.9 Å². The third-order valence-corrected chi connectivity index (χ3v) is 6.36. The van der Waals surface area contributed by atoms with Crippen molar-refractivity contribution < 1.29 is 9.53 Å². The first kappa shape index (κ1) is 23.4. The molecule has 0 saturated carbocycles. The van der Waals surface area contributed by atoms with Gasteiger partial charge in [-0.15, -0.1) is 0 Å². The second-order valence-corrected chi connectivity index (χ2v) is 8.95. The number of benzene rings is 2. The van der Waals surface area contributed by atoms with Crippen LogP contribution in [0.25, 0.3) is 6.08 Å². The van der Waals surface area contributed by atoms with Crippen LogP contribution in [0.1, 0.15) is 63.6 Å². The Bertz CT molecular complexity index is 1080. The van der Waals surface area contributed by atoms with Gasteiger partial charge in [0.25, 0.3) is 5.91 Å². The third-order valence-electron chi connectivity index (χ3n) is 6.36. The summed E-state index contributed by atoms with van der Waals surface area (Å²) in [7, 11) is 1.62. The second kappa shape index (κ2) is 9.48. The van der Waals surface area contributed by atoms with E-state index in [-0.39, 0.29) is 11.1 Å². The first-order valence-corrected chi connectivity index (χ1v) is 11.3. The molecule has 2 aromatic carbocycles. The molecule has 1 aliphatic rings. The number of methoxy groups -OCH3 is 1. The van der Waals surface area contributed by atoms with Crippen molar-refractivity contribution in [2.24, 2.45) is 0 Å². The van der Waals surface area contributed by atoms with E-state index in [2.05, 4.69) is 50.0 Å². The molecule has 1 aliphatic heterocycles. The Hall–Kier alpha value is -3.26. The maximum absolute atomic E-state index is 12.9. The number of hydrogen-bond acceptors (Lipinski definition) is 4. The number of nitriles is 1. The van der Waals surface area contributed by atoms with E-state index in [4.69, 9.17) is 4.74 Å². The number of carbonyl (C=O) groups is 1. The summed E-state index contributed by atoms with van der Waals surface area (Å²) in [6.07, 6.45) is 3.46. The molecule has 32 heavy (non-hydrogen) atoms. The number of ether oxygens (including phenoxy) is 1. The van der Waals surface area contributed by atoms with E-state index in [1.807, 2.05) is 37.3 Å². The van der Waals surface area contributed by atoms with Gasteiger partial charge < -0.3 is 15.0 Å². The average molecular weight is 432 g/mol. The van der Waals surface area contributed by atoms with Gasteiger partial charge >= 0.3 is 0 Å². The Morgan fingerprint density at radius 3 is 2.66 bits per heavy atom. The summed E-state index contributed by atoms with van der Waals surface area (Å²) < 4.78 is 5.68. The standard InChI is InChI=1S/C27H33N3O2/c1-7-19-11-9-10-12-23(19)29-26(31)21(17-28)13-20-14-22-18(3)16-27(4,5)30(8-2)24(22)15-25(20)32-6/h9-15,18H,7-8,16H2,1-6H3,(H,29,31)/b21-13+. The van der Waals surface area contributed by atoms with Gasteiger partial charge in [0, 0.05) is 35.1 Å². The maximum atomic E-state index is 12.9. The van der Waals surface area contributed by atoms with Crippen LogP contribution < -0.4 is 15.0 Å². The molecule has 168 valence electrons. The number of anilines is 2. The molecule has 1 N–H and O–H groups in total. The molecule has 0 bridgehead atoms. The molecule has 1 heterocycles. The molecule has 5 nitrogen and oxygen atoms in total. The van der Waals surface area contributed by atoms with Gasteiger partial charge in [0.05, 0.1) is 7.11 Å². The third kappa shape index (κ3) is 4.50. The minimum atomic E-state index is -0.419. The summed E-state index contributed by atoms with van der Waals surface area (Å²) >= 11 is 0. The lowest BCUT2D eigenvalue weighted by molar-refractivity contribution is -0.112. The van der Waals surface area contributed by atoms with Gasteiger partial charge in [-0.2, -0.15) is 5.26 Å². The van der Waals surface area contributed by atoms with Crippen molar-refractivity contribution >= 4 is 23.4 Å². The van der Waals surface area contributed by atoms with Crippen molar-refractivity contribution in [1.29, 1.82) is 5.26 Å². The van der Waals surface area contributed by atoms with Crippen LogP contribution in [0.3, 0.4) is 0 Å². The monoisotopic (exact) mass is 431 g/mol. The van der Waals surface area contributed by atoms with Crippen LogP contribution in [-0.4, -0.2) is 25.1 Å². The summed E-state index contributed by atoms with van der Waals surface area (Å²) in [6.45, 7) is 11.9. The molecule has 0 saturated heterocycles. The van der Waals surface area contributed by atoms with Crippen molar-refractivity contribution in [3.63, 3.8) is 0 Å². The smallest absolute Gasteiger partial charge is 0.266 e. The molecule has 1 amide bonds. The van der Waals surface area contributed by atoms with Gasteiger partial charge in [0.2, 0.25) is 0 Å². The number of aryl methyl sites for hydroxylation is 1. The summed E-state index contributed by atoms with van der Waals surface area (Å²) in [5.41, 5.74) is 4.97. The lowest BCUT2D eigenvalue weighted by atomic mass is 9.79. The van der Waals surface area contributed by atoms with Crippen LogP contribution in [0.15, 0.2) is 42.0 Å². The topological polar surface area (TPSA) is 65.4 Å². The molecule has 0 aromatic heterocycles. The van der Waals surface area contributed by atoms with Crippen LogP contribution in [0.2, 0.25) is 0 Å². The Kier molecular flexibility index (Phi) is 6.93. The molecule has 0 spiro atoms. The normalized spacial score (nSPS) is 17.3. The van der Waals surface area contributed by atoms with E-state index < -0.39 is 5.91 Å². The van der Waals surface area contributed by atoms with Gasteiger partial charge in [-0.25, -0.2) is 0 Å². The van der Waals surface area contributed by atoms with E-state index in [0.29, 0.717) is 11.7 Å². The van der Waals surface area contributed by atoms with Crippen LogP contribution in [0.5, 0.6) is 5.75 Å². The Morgan fingerprint density at radius 2 is 2.03 bits per heavy atom. The van der Waals surface area contributed by atoms with E-state index in [1.54, 1.807) is 13.2 Å². The zero-order chi connectivity index (χ0) is 23.5. The van der Waals surface area contributed by atoms with Crippen LogP contribution in [0, 0.1) is 11.3 Å². The Balaban J connectivity index is 2.02. The first-order valence-electron chi connectivity index (χ1n) is 11.3. The predicted molar refractivity (Wildman–Crippen MR) is 131 cm³/mol. The Labute approximate surface area is 191 Å². The highest BCUT2D eigenvalue weighted by atomic mass is 16.5. The minimum absolute atomic E-state index is 0.0466. The lowest BCUT2D eigenvalue weighted by Gasteiger charge is -2.47. The number of fused-ring (bicyclic) bond motifs is 1. The number of nitrogens with zero attached hydrogens (tertiary/aromatic N) is 2. The lowest BCUT2D eigenvalue weighted by Crippen LogP contribution is -2.48. The van der Waals surface area contributed by atoms with Gasteiger partial charge in [0.15, 0.2) is 0 Å². The van der Waals surface area contributed by atoms with Crippen molar-refractivity contribution in [3.05, 3.63) is 58.7 Å². The molecule has 1 unspecified atom stereocenters. The zero-order valence-electron chi connectivity index (χ0n) is 20.0. The highest BCUT2D eigenvalue weighted by Gasteiger charge is 2.36. The Morgan fingerprint density at radius 1 is 1.31 bits per heavy atom. The summed E-state index contributed by atoms with van der Waals surface area (Å²) in [4.78, 5) is 15.3. The van der Waals surface area contributed by atoms with E-state index >= 15 is 0 Å². The molecule has 5 heteroatoms. The van der Waals surface area contributed by atoms with Gasteiger partial charge in [-0.1, -0.05) is 32.0 Å². The van der Waals surface area contributed by atoms with Crippen LogP contribution in [-0.2, 0) is 11.2 Å². The van der Waals surface area contributed by atoms with Crippen LogP contribution in [0.4, 0.5) is 11.4 Å². The quantitative estimate of drug-likeness (QED) is 0.456. The summed E-state index contributed by atoms with van der Waals surface area (Å²) in [6, 6.07) is 13.8. The SMILES string of the molecule is CCc1ccccc1NC(=O)/C(C#N)=C/c1cc2c(cc1OC)N(CC)C(C)(C)CC2C. The summed E-state index contributed by atoms with van der Waals surface area (Å²) in [5.74, 6) is 0.593. The van der Waals surface area contributed by atoms with E-state index in [9.17, 15) is 10.1 Å². The zero-order valence-corrected chi connectivity index (χ0v) is 20.0. The van der Waals surface area contributed by atoms with Crippen molar-refractivity contribution in [2.75, 3.05) is 23.9 Å². The van der Waals surface area contributed by atoms with Crippen molar-refractivity contribution in [1.82, 2.24) is 0 Å². The maximum Gasteiger partial charge on any atom is 0.266 e. The number of hydrogen-bond donors (Lipinski definition) is 1. The first-order chi connectivity index (χ1) is 15.2. The fourth-order valence-corrected chi connectivity index (χ4v) is 4.86. The fourth-order valence-electron chi connectivity index (χ4n) is 4.86. The minimum Gasteiger partial charge on any atom is -0.496 e. The fraction of sp³-hybridized carbons (Fsp3) is 0.407. The molecular weight excluding hydrogens is 398 g/mol. The van der Waals surface area contributed by atoms with Crippen LogP contribution >= 0.6 is 0 Å². The number of amides is 1. The number of nitrogens with one attached hydrogen (secondary N) is 1. The molecular formula is C27H33N3O2. The molecule has 0 aliphatic carbocycles. The molecule has 0 fully saturated rings. The molecule has 2 aromatic rings. The highest BCUT2D eigenvalue weighted by Crippen LogP contribution is 2.45. The largest absolute Gasteiger partial charge is 0.496 e. The second-order valence-electron chi connectivity index (χ2n) is 8.95. The number of carbonyl (C=O) groups excluding carboxylic acids is 1. The van der Waals surface area contributed by atoms with Crippen molar-refractivity contribution in [3.8, 4) is 11.8 Å². The number of rotatable bonds is 6. The average Bonchev–Trinajstić information content (AvgIpc) is 2.77. The van der Waals surface area contributed by atoms with Gasteiger partial charge in [-0.3, -0.25) is 4.79 Å². The summed E-state index contributed by atoms with van der Waals surface area (Å²) in [5, 5.41) is 12.6. The molecule has 3 rings (SSSR count). The highest BCUT2D eigenvalue weighted by molar-refractivity contribution is 6.10. The number of para-hydroxylation sites is 1.